The van der Waals surface area contributed by atoms with Crippen molar-refractivity contribution >= 4 is 5.91 Å². The Morgan fingerprint density at radius 2 is 2.33 bits per heavy atom. The number of rotatable bonds is 6. The van der Waals surface area contributed by atoms with Crippen LogP contribution in [-0.2, 0) is 4.74 Å². The van der Waals surface area contributed by atoms with Gasteiger partial charge in [0.1, 0.15) is 0 Å². The van der Waals surface area contributed by atoms with E-state index in [-0.39, 0.29) is 17.7 Å². The number of aromatic amines is 1. The molecule has 1 amide bonds. The first kappa shape index (κ1) is 14.4. The van der Waals surface area contributed by atoms with Gasteiger partial charge in [0.25, 0.3) is 5.91 Å². The van der Waals surface area contributed by atoms with Crippen LogP contribution in [0, 0.1) is 0 Å². The van der Waals surface area contributed by atoms with Crippen molar-refractivity contribution in [2.24, 2.45) is 0 Å². The van der Waals surface area contributed by atoms with Crippen molar-refractivity contribution in [3.05, 3.63) is 34.2 Å². The Morgan fingerprint density at radius 3 is 2.94 bits per heavy atom. The van der Waals surface area contributed by atoms with Gasteiger partial charge in [0.15, 0.2) is 0 Å². The molecule has 0 aliphatic rings. The molecule has 0 spiro atoms. The van der Waals surface area contributed by atoms with Crippen LogP contribution in [0.25, 0.3) is 0 Å². The molecule has 0 saturated carbocycles. The van der Waals surface area contributed by atoms with Crippen molar-refractivity contribution in [3.8, 4) is 0 Å². The van der Waals surface area contributed by atoms with Crippen LogP contribution in [0.5, 0.6) is 0 Å². The third-order valence-corrected chi connectivity index (χ3v) is 2.51. The van der Waals surface area contributed by atoms with Gasteiger partial charge in [-0.15, -0.1) is 0 Å². The van der Waals surface area contributed by atoms with Crippen LogP contribution < -0.4 is 10.9 Å². The molecule has 0 bridgehead atoms. The zero-order chi connectivity index (χ0) is 13.6. The summed E-state index contributed by atoms with van der Waals surface area (Å²) in [6.07, 6.45) is 1.82. The maximum atomic E-state index is 11.7. The van der Waals surface area contributed by atoms with E-state index in [1.54, 1.807) is 14.0 Å². The summed E-state index contributed by atoms with van der Waals surface area (Å²) >= 11 is 0. The molecule has 3 N–H and O–H groups in total. The molecule has 100 valence electrons. The van der Waals surface area contributed by atoms with Crippen LogP contribution in [0.2, 0.25) is 0 Å². The summed E-state index contributed by atoms with van der Waals surface area (Å²) in [7, 11) is 1.55. The van der Waals surface area contributed by atoms with Gasteiger partial charge in [-0.25, -0.2) is 0 Å². The minimum absolute atomic E-state index is 0.0992. The molecular weight excluding hydrogens is 236 g/mol. The normalized spacial score (nSPS) is 13.9. The fourth-order valence-corrected chi connectivity index (χ4v) is 1.37. The molecule has 1 rings (SSSR count). The van der Waals surface area contributed by atoms with E-state index in [4.69, 9.17) is 4.74 Å². The van der Waals surface area contributed by atoms with E-state index in [0.29, 0.717) is 13.0 Å². The van der Waals surface area contributed by atoms with E-state index in [0.717, 1.165) is 0 Å². The second-order valence-corrected chi connectivity index (χ2v) is 4.36. The maximum Gasteiger partial charge on any atom is 0.251 e. The predicted molar refractivity (Wildman–Crippen MR) is 66.5 cm³/mol. The third kappa shape index (κ3) is 4.68. The molecule has 1 unspecified atom stereocenters. The minimum Gasteiger partial charge on any atom is -0.388 e. The number of hydrogen-bond donors (Lipinski definition) is 3. The van der Waals surface area contributed by atoms with Gasteiger partial charge in [0.05, 0.1) is 5.60 Å². The number of amides is 1. The van der Waals surface area contributed by atoms with Gasteiger partial charge < -0.3 is 20.1 Å². The van der Waals surface area contributed by atoms with E-state index < -0.39 is 11.5 Å². The van der Waals surface area contributed by atoms with Gasteiger partial charge in [0, 0.05) is 44.5 Å². The van der Waals surface area contributed by atoms with E-state index in [1.807, 2.05) is 0 Å². The number of nitrogens with one attached hydrogen (secondary N) is 2. The zero-order valence-electron chi connectivity index (χ0n) is 10.5. The molecule has 1 heterocycles. The summed E-state index contributed by atoms with van der Waals surface area (Å²) in [6.45, 7) is 2.12. The third-order valence-electron chi connectivity index (χ3n) is 2.51. The molecule has 0 aliphatic heterocycles. The molecule has 0 radical (unpaired) electrons. The smallest absolute Gasteiger partial charge is 0.251 e. The highest BCUT2D eigenvalue weighted by molar-refractivity contribution is 5.93. The standard InChI is InChI=1S/C12H18N2O4/c1-12(17,4-6-18-2)8-14-11(16)9-3-5-13-10(15)7-9/h3,5,7,17H,4,6,8H2,1-2H3,(H,13,15)(H,14,16). The molecule has 0 saturated heterocycles. The summed E-state index contributed by atoms with van der Waals surface area (Å²) in [6, 6.07) is 2.71. The highest BCUT2D eigenvalue weighted by Crippen LogP contribution is 2.07. The van der Waals surface area contributed by atoms with E-state index in [9.17, 15) is 14.7 Å². The van der Waals surface area contributed by atoms with Crippen LogP contribution in [0.4, 0.5) is 0 Å². The summed E-state index contributed by atoms with van der Waals surface area (Å²) in [4.78, 5) is 25.2. The fourth-order valence-electron chi connectivity index (χ4n) is 1.37. The maximum absolute atomic E-state index is 11.7. The molecule has 0 aromatic carbocycles. The molecule has 6 heteroatoms. The Morgan fingerprint density at radius 1 is 1.61 bits per heavy atom. The molecular formula is C12H18N2O4. The Bertz CT molecular complexity index is 453. The van der Waals surface area contributed by atoms with Crippen LogP contribution in [0.1, 0.15) is 23.7 Å². The SMILES string of the molecule is COCCC(C)(O)CNC(=O)c1cc[nH]c(=O)c1. The van der Waals surface area contributed by atoms with Crippen molar-refractivity contribution in [2.45, 2.75) is 18.9 Å². The van der Waals surface area contributed by atoms with Gasteiger partial charge >= 0.3 is 0 Å². The number of carbonyl (C=O) groups is 1. The Hall–Kier alpha value is -1.66. The molecule has 1 atom stereocenters. The molecule has 1 aromatic rings. The lowest BCUT2D eigenvalue weighted by Crippen LogP contribution is -2.41. The van der Waals surface area contributed by atoms with Crippen LogP contribution in [0.15, 0.2) is 23.1 Å². The number of aromatic nitrogens is 1. The largest absolute Gasteiger partial charge is 0.388 e. The lowest BCUT2D eigenvalue weighted by atomic mass is 10.0. The number of carbonyl (C=O) groups excluding carboxylic acids is 1. The van der Waals surface area contributed by atoms with Crippen LogP contribution >= 0.6 is 0 Å². The lowest BCUT2D eigenvalue weighted by Gasteiger charge is -2.23. The van der Waals surface area contributed by atoms with Crippen molar-refractivity contribution in [2.75, 3.05) is 20.3 Å². The fraction of sp³-hybridized carbons (Fsp3) is 0.500. The summed E-state index contributed by atoms with van der Waals surface area (Å²) in [5.41, 5.74) is -1.11. The van der Waals surface area contributed by atoms with E-state index in [2.05, 4.69) is 10.3 Å². The monoisotopic (exact) mass is 254 g/mol. The molecule has 18 heavy (non-hydrogen) atoms. The van der Waals surface area contributed by atoms with E-state index in [1.165, 1.54) is 18.3 Å². The Labute approximate surface area is 105 Å². The number of aliphatic hydroxyl groups is 1. The first-order valence-corrected chi connectivity index (χ1v) is 5.63. The molecule has 0 fully saturated rings. The summed E-state index contributed by atoms with van der Waals surface area (Å²) < 4.78 is 4.87. The quantitative estimate of drug-likeness (QED) is 0.660. The van der Waals surface area contributed by atoms with Crippen molar-refractivity contribution in [1.29, 1.82) is 0 Å². The second kappa shape index (κ2) is 6.32. The number of methoxy groups -OCH3 is 1. The van der Waals surface area contributed by atoms with Crippen molar-refractivity contribution in [1.82, 2.24) is 10.3 Å². The minimum atomic E-state index is -1.03. The number of ether oxygens (including phenoxy) is 1. The predicted octanol–water partition coefficient (Wildman–Crippen LogP) is -0.108. The van der Waals surface area contributed by atoms with Crippen molar-refractivity contribution in [3.63, 3.8) is 0 Å². The topological polar surface area (TPSA) is 91.4 Å². The average molecular weight is 254 g/mol. The lowest BCUT2D eigenvalue weighted by molar-refractivity contribution is 0.0243. The van der Waals surface area contributed by atoms with Gasteiger partial charge in [0.2, 0.25) is 5.56 Å². The number of hydrogen-bond acceptors (Lipinski definition) is 4. The van der Waals surface area contributed by atoms with Crippen molar-refractivity contribution < 1.29 is 14.6 Å². The average Bonchev–Trinajstić information content (AvgIpc) is 2.34. The number of pyridine rings is 1. The number of H-pyrrole nitrogens is 1. The molecule has 0 aliphatic carbocycles. The van der Waals surface area contributed by atoms with Gasteiger partial charge in [-0.2, -0.15) is 0 Å². The Balaban J connectivity index is 2.53. The first-order valence-electron chi connectivity index (χ1n) is 5.63. The van der Waals surface area contributed by atoms with Crippen LogP contribution in [-0.4, -0.2) is 41.9 Å². The summed E-state index contributed by atoms with van der Waals surface area (Å²) in [5.74, 6) is -0.390. The first-order chi connectivity index (χ1) is 8.44. The van der Waals surface area contributed by atoms with Gasteiger partial charge in [-0.05, 0) is 13.0 Å². The van der Waals surface area contributed by atoms with Gasteiger partial charge in [-0.1, -0.05) is 0 Å². The summed E-state index contributed by atoms with van der Waals surface area (Å²) in [5, 5.41) is 12.5. The highest BCUT2D eigenvalue weighted by atomic mass is 16.5. The van der Waals surface area contributed by atoms with Gasteiger partial charge in [-0.3, -0.25) is 9.59 Å². The zero-order valence-corrected chi connectivity index (χ0v) is 10.5. The van der Waals surface area contributed by atoms with Crippen LogP contribution in [0.3, 0.4) is 0 Å². The second-order valence-electron chi connectivity index (χ2n) is 4.36. The van der Waals surface area contributed by atoms with E-state index >= 15 is 0 Å². The molecule has 1 aromatic heterocycles. The highest BCUT2D eigenvalue weighted by Gasteiger charge is 2.21. The Kier molecular flexibility index (Phi) is 5.06. The molecule has 6 nitrogen and oxygen atoms in total.